The Morgan fingerprint density at radius 1 is 1.16 bits per heavy atom. The lowest BCUT2D eigenvalue weighted by atomic mass is 10.2. The number of benzene rings is 1. The number of aromatic nitrogens is 5. The van der Waals surface area contributed by atoms with Gasteiger partial charge in [-0.05, 0) is 30.7 Å². The highest BCUT2D eigenvalue weighted by Gasteiger charge is 2.15. The Morgan fingerprint density at radius 2 is 2.06 bits per heavy atom. The fourth-order valence-electron chi connectivity index (χ4n) is 3.29. The van der Waals surface area contributed by atoms with Gasteiger partial charge in [-0.2, -0.15) is 4.98 Å². The van der Waals surface area contributed by atoms with Gasteiger partial charge in [-0.15, -0.1) is 0 Å². The van der Waals surface area contributed by atoms with Crippen molar-refractivity contribution < 1.29 is 18.5 Å². The third kappa shape index (κ3) is 3.85. The number of fused-ring (bicyclic) bond motifs is 3. The van der Waals surface area contributed by atoms with Gasteiger partial charge in [0.15, 0.2) is 0 Å². The van der Waals surface area contributed by atoms with Crippen LogP contribution in [0.25, 0.3) is 33.5 Å². The SMILES string of the molecule is O=C(Cn1cnc2c(oc3ccccc32)c1=O)OCCCc1nc(-c2cccnc2)no1. The van der Waals surface area contributed by atoms with E-state index in [1.165, 1.54) is 10.9 Å². The second kappa shape index (κ2) is 8.42. The third-order valence-electron chi connectivity index (χ3n) is 4.84. The molecule has 0 spiro atoms. The molecule has 5 aromatic rings. The number of carbonyl (C=O) groups is 1. The minimum absolute atomic E-state index is 0.113. The van der Waals surface area contributed by atoms with E-state index in [9.17, 15) is 9.59 Å². The molecule has 0 aliphatic rings. The Morgan fingerprint density at radius 3 is 2.94 bits per heavy atom. The quantitative estimate of drug-likeness (QED) is 0.282. The molecule has 0 fully saturated rings. The van der Waals surface area contributed by atoms with Crippen LogP contribution < -0.4 is 5.56 Å². The fraction of sp³-hybridized carbons (Fsp3) is 0.182. The van der Waals surface area contributed by atoms with Crippen LogP contribution in [-0.4, -0.2) is 37.3 Å². The van der Waals surface area contributed by atoms with Crippen molar-refractivity contribution in [3.63, 3.8) is 0 Å². The molecule has 10 nitrogen and oxygen atoms in total. The van der Waals surface area contributed by atoms with Crippen molar-refractivity contribution in [1.82, 2.24) is 24.7 Å². The largest absolute Gasteiger partial charge is 0.464 e. The van der Waals surface area contributed by atoms with Crippen molar-refractivity contribution in [3.8, 4) is 11.4 Å². The predicted octanol–water partition coefficient (Wildman–Crippen LogP) is 2.76. The lowest BCUT2D eigenvalue weighted by Crippen LogP contribution is -2.25. The summed E-state index contributed by atoms with van der Waals surface area (Å²) in [5, 5.41) is 4.67. The van der Waals surface area contributed by atoms with Crippen molar-refractivity contribution in [1.29, 1.82) is 0 Å². The molecular formula is C22H17N5O5. The Hall–Kier alpha value is -4.34. The molecule has 4 aromatic heterocycles. The minimum atomic E-state index is -0.550. The Bertz CT molecular complexity index is 1450. The van der Waals surface area contributed by atoms with Gasteiger partial charge in [0, 0.05) is 29.8 Å². The number of aryl methyl sites for hydroxylation is 1. The predicted molar refractivity (Wildman–Crippen MR) is 113 cm³/mol. The summed E-state index contributed by atoms with van der Waals surface area (Å²) in [6, 6.07) is 10.9. The molecule has 32 heavy (non-hydrogen) atoms. The summed E-state index contributed by atoms with van der Waals surface area (Å²) in [6.07, 6.45) is 5.59. The van der Waals surface area contributed by atoms with Gasteiger partial charge in [-0.1, -0.05) is 17.3 Å². The zero-order chi connectivity index (χ0) is 21.9. The summed E-state index contributed by atoms with van der Waals surface area (Å²) in [6.45, 7) is -0.108. The number of esters is 1. The van der Waals surface area contributed by atoms with E-state index in [1.807, 2.05) is 24.3 Å². The maximum absolute atomic E-state index is 12.7. The molecule has 0 aliphatic carbocycles. The van der Waals surface area contributed by atoms with Gasteiger partial charge in [0.1, 0.15) is 17.6 Å². The van der Waals surface area contributed by atoms with Gasteiger partial charge in [-0.3, -0.25) is 19.1 Å². The summed E-state index contributed by atoms with van der Waals surface area (Å²) in [7, 11) is 0. The number of carbonyl (C=O) groups excluding carboxylic acids is 1. The number of pyridine rings is 1. The zero-order valence-electron chi connectivity index (χ0n) is 16.8. The van der Waals surface area contributed by atoms with Crippen molar-refractivity contribution in [2.75, 3.05) is 6.61 Å². The summed E-state index contributed by atoms with van der Waals surface area (Å²) >= 11 is 0. The number of ether oxygens (including phenoxy) is 1. The first-order valence-electron chi connectivity index (χ1n) is 9.94. The Balaban J connectivity index is 1.17. The summed E-state index contributed by atoms with van der Waals surface area (Å²) < 4.78 is 17.2. The van der Waals surface area contributed by atoms with Crippen LogP contribution >= 0.6 is 0 Å². The number of furan rings is 1. The van der Waals surface area contributed by atoms with Crippen LogP contribution in [0.1, 0.15) is 12.3 Å². The van der Waals surface area contributed by atoms with E-state index in [0.717, 1.165) is 10.9 Å². The van der Waals surface area contributed by atoms with E-state index in [1.54, 1.807) is 24.5 Å². The fourth-order valence-corrected chi connectivity index (χ4v) is 3.29. The number of hydrogen-bond donors (Lipinski definition) is 0. The topological polar surface area (TPSA) is 126 Å². The third-order valence-corrected chi connectivity index (χ3v) is 4.84. The van der Waals surface area contributed by atoms with E-state index in [4.69, 9.17) is 13.7 Å². The van der Waals surface area contributed by atoms with Crippen LogP contribution in [0.15, 0.2) is 68.9 Å². The first-order chi connectivity index (χ1) is 15.7. The smallest absolute Gasteiger partial charge is 0.326 e. The van der Waals surface area contributed by atoms with Crippen LogP contribution in [0, 0.1) is 0 Å². The molecule has 0 N–H and O–H groups in total. The van der Waals surface area contributed by atoms with Crippen LogP contribution in [0.4, 0.5) is 0 Å². The molecule has 0 atom stereocenters. The maximum atomic E-state index is 12.7. The van der Waals surface area contributed by atoms with Gasteiger partial charge in [-0.25, -0.2) is 4.98 Å². The molecule has 0 bridgehead atoms. The Kier molecular flexibility index (Phi) is 5.16. The molecule has 10 heteroatoms. The molecule has 0 amide bonds. The second-order valence-corrected chi connectivity index (χ2v) is 7.03. The normalized spacial score (nSPS) is 11.2. The van der Waals surface area contributed by atoms with Crippen LogP contribution in [-0.2, 0) is 22.5 Å². The average molecular weight is 431 g/mol. The van der Waals surface area contributed by atoms with Crippen molar-refractivity contribution in [3.05, 3.63) is 71.4 Å². The van der Waals surface area contributed by atoms with E-state index in [-0.39, 0.29) is 18.7 Å². The molecule has 0 radical (unpaired) electrons. The highest BCUT2D eigenvalue weighted by Crippen LogP contribution is 2.24. The molecule has 5 rings (SSSR count). The zero-order valence-corrected chi connectivity index (χ0v) is 16.8. The first kappa shape index (κ1) is 19.6. The number of nitrogens with zero attached hydrogens (tertiary/aromatic N) is 5. The monoisotopic (exact) mass is 431 g/mol. The number of hydrogen-bond acceptors (Lipinski definition) is 9. The minimum Gasteiger partial charge on any atom is -0.464 e. The van der Waals surface area contributed by atoms with Gasteiger partial charge in [0.2, 0.25) is 17.3 Å². The Labute approximate surface area is 180 Å². The highest BCUT2D eigenvalue weighted by atomic mass is 16.5. The summed E-state index contributed by atoms with van der Waals surface area (Å²) in [4.78, 5) is 37.4. The standard InChI is InChI=1S/C22H17N5O5/c28-18(30-10-4-8-17-25-21(26-32-17)14-5-3-9-23-11-14)12-27-13-24-19-15-6-1-2-7-16(15)31-20(19)22(27)29/h1-3,5-7,9,11,13H,4,8,10,12H2. The van der Waals surface area contributed by atoms with Gasteiger partial charge < -0.3 is 13.7 Å². The van der Waals surface area contributed by atoms with Crippen molar-refractivity contribution in [2.24, 2.45) is 0 Å². The van der Waals surface area contributed by atoms with Crippen molar-refractivity contribution in [2.45, 2.75) is 19.4 Å². The summed E-state index contributed by atoms with van der Waals surface area (Å²) in [5.41, 5.74) is 1.48. The number of rotatable bonds is 7. The van der Waals surface area contributed by atoms with Crippen LogP contribution in [0.2, 0.25) is 0 Å². The maximum Gasteiger partial charge on any atom is 0.326 e. The van der Waals surface area contributed by atoms with Crippen LogP contribution in [0.3, 0.4) is 0 Å². The molecule has 160 valence electrons. The number of para-hydroxylation sites is 1. The molecule has 0 aliphatic heterocycles. The van der Waals surface area contributed by atoms with Crippen molar-refractivity contribution >= 4 is 28.0 Å². The highest BCUT2D eigenvalue weighted by molar-refractivity contribution is 6.01. The first-order valence-corrected chi connectivity index (χ1v) is 9.94. The molecule has 1 aromatic carbocycles. The lowest BCUT2D eigenvalue weighted by molar-refractivity contribution is -0.144. The lowest BCUT2D eigenvalue weighted by Gasteiger charge is -2.05. The molecule has 0 saturated heterocycles. The van der Waals surface area contributed by atoms with Crippen LogP contribution in [0.5, 0.6) is 0 Å². The van der Waals surface area contributed by atoms with E-state index in [0.29, 0.717) is 35.7 Å². The average Bonchev–Trinajstić information content (AvgIpc) is 3.44. The summed E-state index contributed by atoms with van der Waals surface area (Å²) in [5.74, 6) is 0.347. The second-order valence-electron chi connectivity index (χ2n) is 7.03. The molecular weight excluding hydrogens is 414 g/mol. The van der Waals surface area contributed by atoms with Gasteiger partial charge >= 0.3 is 5.97 Å². The van der Waals surface area contributed by atoms with E-state index in [2.05, 4.69) is 20.1 Å². The molecule has 0 saturated carbocycles. The van der Waals surface area contributed by atoms with Gasteiger partial charge in [0.25, 0.3) is 5.56 Å². The van der Waals surface area contributed by atoms with Gasteiger partial charge in [0.05, 0.1) is 12.9 Å². The molecule has 0 unspecified atom stereocenters. The van der Waals surface area contributed by atoms with E-state index < -0.39 is 11.5 Å². The molecule has 4 heterocycles. The van der Waals surface area contributed by atoms with E-state index >= 15 is 0 Å².